The van der Waals surface area contributed by atoms with Crippen molar-refractivity contribution in [1.29, 1.82) is 0 Å². The van der Waals surface area contributed by atoms with Crippen molar-refractivity contribution in [2.75, 3.05) is 13.2 Å². The van der Waals surface area contributed by atoms with E-state index in [4.69, 9.17) is 14.6 Å². The molecule has 7 heteroatoms. The van der Waals surface area contributed by atoms with E-state index >= 15 is 0 Å². The molecular formula is C31H28N4O3. The molecule has 0 aliphatic rings. The van der Waals surface area contributed by atoms with Crippen molar-refractivity contribution >= 4 is 22.9 Å². The summed E-state index contributed by atoms with van der Waals surface area (Å²) >= 11 is 0. The predicted molar refractivity (Wildman–Crippen MR) is 150 cm³/mol. The van der Waals surface area contributed by atoms with E-state index in [-0.39, 0.29) is 12.5 Å². The third-order valence-electron chi connectivity index (χ3n) is 5.85. The molecule has 1 heterocycles. The summed E-state index contributed by atoms with van der Waals surface area (Å²) in [4.78, 5) is 12.4. The summed E-state index contributed by atoms with van der Waals surface area (Å²) in [7, 11) is 0. The number of benzene rings is 4. The van der Waals surface area contributed by atoms with Gasteiger partial charge in [-0.2, -0.15) is 10.2 Å². The fourth-order valence-corrected chi connectivity index (χ4v) is 3.96. The highest BCUT2D eigenvalue weighted by Gasteiger charge is 2.12. The smallest absolute Gasteiger partial charge is 0.277 e. The Hall–Kier alpha value is -4.91. The van der Waals surface area contributed by atoms with E-state index in [1.54, 1.807) is 10.9 Å². The van der Waals surface area contributed by atoms with Crippen molar-refractivity contribution in [3.63, 3.8) is 0 Å². The zero-order valence-corrected chi connectivity index (χ0v) is 21.1. The van der Waals surface area contributed by atoms with Crippen LogP contribution in [0.1, 0.15) is 18.9 Å². The fraction of sp³-hybridized carbons (Fsp3) is 0.129. The van der Waals surface area contributed by atoms with Crippen molar-refractivity contribution in [2.24, 2.45) is 5.10 Å². The maximum Gasteiger partial charge on any atom is 0.277 e. The zero-order valence-electron chi connectivity index (χ0n) is 21.1. The Bertz CT molecular complexity index is 1540. The average Bonchev–Trinajstić information content (AvgIpc) is 3.40. The Kier molecular flexibility index (Phi) is 7.75. The number of nitrogens with one attached hydrogen (secondary N) is 1. The Labute approximate surface area is 221 Å². The highest BCUT2D eigenvalue weighted by atomic mass is 16.5. The van der Waals surface area contributed by atoms with Crippen LogP contribution in [0, 0.1) is 0 Å². The number of fused-ring (bicyclic) bond motifs is 1. The quantitative estimate of drug-likeness (QED) is 0.187. The number of carbonyl (C=O) groups excluding carboxylic acids is 1. The molecule has 1 amide bonds. The summed E-state index contributed by atoms with van der Waals surface area (Å²) in [5.74, 6) is 1.08. The molecule has 0 aliphatic carbocycles. The van der Waals surface area contributed by atoms with E-state index in [2.05, 4.69) is 17.5 Å². The number of para-hydroxylation sites is 1. The fourth-order valence-electron chi connectivity index (χ4n) is 3.96. The predicted octanol–water partition coefficient (Wildman–Crippen LogP) is 6.01. The molecule has 5 rings (SSSR count). The van der Waals surface area contributed by atoms with Gasteiger partial charge in [0.1, 0.15) is 17.2 Å². The minimum Gasteiger partial charge on any atom is -0.494 e. The first kappa shape index (κ1) is 24.8. The van der Waals surface area contributed by atoms with E-state index in [0.29, 0.717) is 12.4 Å². The van der Waals surface area contributed by atoms with Crippen molar-refractivity contribution in [2.45, 2.75) is 13.3 Å². The van der Waals surface area contributed by atoms with Gasteiger partial charge in [0.25, 0.3) is 5.91 Å². The molecule has 1 aromatic heterocycles. The number of nitrogens with zero attached hydrogens (tertiary/aromatic N) is 3. The van der Waals surface area contributed by atoms with Crippen LogP contribution in [0.5, 0.6) is 11.5 Å². The van der Waals surface area contributed by atoms with E-state index in [1.807, 2.05) is 103 Å². The summed E-state index contributed by atoms with van der Waals surface area (Å²) in [6.45, 7) is 2.60. The van der Waals surface area contributed by atoms with Crippen LogP contribution in [0.15, 0.2) is 108 Å². The number of hydrazone groups is 1. The van der Waals surface area contributed by atoms with E-state index in [1.165, 1.54) is 0 Å². The summed E-state index contributed by atoms with van der Waals surface area (Å²) in [6.07, 6.45) is 4.42. The van der Waals surface area contributed by atoms with Crippen LogP contribution < -0.4 is 14.9 Å². The number of rotatable bonds is 10. The van der Waals surface area contributed by atoms with Gasteiger partial charge < -0.3 is 9.47 Å². The van der Waals surface area contributed by atoms with Crippen LogP contribution in [-0.2, 0) is 4.79 Å². The van der Waals surface area contributed by atoms with Crippen LogP contribution in [0.25, 0.3) is 27.7 Å². The first-order valence-electron chi connectivity index (χ1n) is 12.5. The Morgan fingerprint density at radius 1 is 0.895 bits per heavy atom. The summed E-state index contributed by atoms with van der Waals surface area (Å²) in [5, 5.41) is 11.1. The number of ether oxygens (including phenoxy) is 2. The molecule has 0 fully saturated rings. The van der Waals surface area contributed by atoms with E-state index in [0.717, 1.165) is 45.5 Å². The van der Waals surface area contributed by atoms with Crippen molar-refractivity contribution in [1.82, 2.24) is 15.2 Å². The van der Waals surface area contributed by atoms with Crippen LogP contribution in [0.2, 0.25) is 0 Å². The number of hydrogen-bond acceptors (Lipinski definition) is 5. The lowest BCUT2D eigenvalue weighted by atomic mass is 10.1. The van der Waals surface area contributed by atoms with E-state index < -0.39 is 0 Å². The van der Waals surface area contributed by atoms with Gasteiger partial charge in [-0.3, -0.25) is 4.79 Å². The molecule has 0 aliphatic heterocycles. The second-order valence-electron chi connectivity index (χ2n) is 8.68. The van der Waals surface area contributed by atoms with Gasteiger partial charge in [-0.05, 0) is 65.7 Å². The van der Waals surface area contributed by atoms with Crippen LogP contribution >= 0.6 is 0 Å². The summed E-state index contributed by atoms with van der Waals surface area (Å²) < 4.78 is 13.2. The van der Waals surface area contributed by atoms with Crippen LogP contribution in [0.4, 0.5) is 0 Å². The van der Waals surface area contributed by atoms with Gasteiger partial charge in [-0.15, -0.1) is 0 Å². The highest BCUT2D eigenvalue weighted by Crippen LogP contribution is 2.25. The van der Waals surface area contributed by atoms with Gasteiger partial charge in [0.05, 0.1) is 18.5 Å². The lowest BCUT2D eigenvalue weighted by Crippen LogP contribution is -2.24. The molecule has 0 bridgehead atoms. The molecule has 190 valence electrons. The van der Waals surface area contributed by atoms with Gasteiger partial charge in [0.15, 0.2) is 6.61 Å². The van der Waals surface area contributed by atoms with E-state index in [9.17, 15) is 4.79 Å². The molecular weight excluding hydrogens is 476 g/mol. The lowest BCUT2D eigenvalue weighted by Gasteiger charge is -2.06. The normalized spacial score (nSPS) is 11.1. The average molecular weight is 505 g/mol. The largest absolute Gasteiger partial charge is 0.494 e. The minimum absolute atomic E-state index is 0.148. The molecule has 0 saturated carbocycles. The van der Waals surface area contributed by atoms with Crippen molar-refractivity contribution in [3.05, 3.63) is 109 Å². The molecule has 4 aromatic carbocycles. The maximum atomic E-state index is 12.4. The number of hydrogen-bond donors (Lipinski definition) is 1. The van der Waals surface area contributed by atoms with Crippen molar-refractivity contribution in [3.8, 4) is 28.4 Å². The van der Waals surface area contributed by atoms with Gasteiger partial charge >= 0.3 is 0 Å². The Balaban J connectivity index is 1.29. The highest BCUT2D eigenvalue weighted by molar-refractivity contribution is 5.90. The topological polar surface area (TPSA) is 77.7 Å². The maximum absolute atomic E-state index is 12.4. The minimum atomic E-state index is -0.358. The number of carbonyl (C=O) groups is 1. The summed E-state index contributed by atoms with van der Waals surface area (Å²) in [6, 6.07) is 31.3. The molecule has 0 unspecified atom stereocenters. The molecule has 7 nitrogen and oxygen atoms in total. The summed E-state index contributed by atoms with van der Waals surface area (Å²) in [5.41, 5.74) is 5.87. The second-order valence-corrected chi connectivity index (χ2v) is 8.68. The Morgan fingerprint density at radius 2 is 1.63 bits per heavy atom. The van der Waals surface area contributed by atoms with Crippen LogP contribution in [-0.4, -0.2) is 35.1 Å². The van der Waals surface area contributed by atoms with Gasteiger partial charge in [0, 0.05) is 17.3 Å². The van der Waals surface area contributed by atoms with Gasteiger partial charge in [-0.25, -0.2) is 10.1 Å². The molecule has 5 aromatic rings. The van der Waals surface area contributed by atoms with Crippen molar-refractivity contribution < 1.29 is 14.3 Å². The van der Waals surface area contributed by atoms with Gasteiger partial charge in [0.2, 0.25) is 0 Å². The third-order valence-corrected chi connectivity index (χ3v) is 5.85. The lowest BCUT2D eigenvalue weighted by molar-refractivity contribution is -0.123. The monoisotopic (exact) mass is 504 g/mol. The molecule has 1 N–H and O–H groups in total. The first-order chi connectivity index (χ1) is 18.7. The second kappa shape index (κ2) is 11.9. The molecule has 0 atom stereocenters. The standard InChI is InChI=1S/C31H28N4O3/c1-2-18-37-28-15-13-24(14-16-28)31-26(21-35(34-31)27-10-4-3-5-11-27)20-32-33-30(36)22-38-29-17-12-23-8-6-7-9-25(23)19-29/h3-17,19-21H,2,18,22H2,1H3,(H,33,36)/b32-20+. The number of amides is 1. The molecule has 0 radical (unpaired) electrons. The Morgan fingerprint density at radius 3 is 2.42 bits per heavy atom. The third kappa shape index (κ3) is 6.07. The SMILES string of the molecule is CCCOc1ccc(-c2nn(-c3ccccc3)cc2/C=N/NC(=O)COc2ccc3ccccc3c2)cc1. The van der Waals surface area contributed by atoms with Gasteiger partial charge in [-0.1, -0.05) is 55.5 Å². The first-order valence-corrected chi connectivity index (χ1v) is 12.5. The number of aromatic nitrogens is 2. The molecule has 38 heavy (non-hydrogen) atoms. The molecule has 0 saturated heterocycles. The van der Waals surface area contributed by atoms with Crippen LogP contribution in [0.3, 0.4) is 0 Å². The zero-order chi connectivity index (χ0) is 26.2. The molecule has 0 spiro atoms.